The number of hydrogen-bond donors (Lipinski definition) is 1. The molecule has 2 aromatic rings. The predicted molar refractivity (Wildman–Crippen MR) is 79.5 cm³/mol. The van der Waals surface area contributed by atoms with E-state index in [2.05, 4.69) is 9.84 Å². The third kappa shape index (κ3) is 3.11. The predicted octanol–water partition coefficient (Wildman–Crippen LogP) is 2.33. The molecule has 0 saturated carbocycles. The lowest BCUT2D eigenvalue weighted by Crippen LogP contribution is -2.04. The number of nitrogens with two attached hydrogens (primary N) is 1. The molecule has 0 spiro atoms. The summed E-state index contributed by atoms with van der Waals surface area (Å²) in [5.74, 6) is -0.0485. The van der Waals surface area contributed by atoms with Gasteiger partial charge in [0.2, 0.25) is 0 Å². The highest BCUT2D eigenvalue weighted by molar-refractivity contribution is 6.30. The Morgan fingerprint density at radius 1 is 1.48 bits per heavy atom. The molecule has 0 aliphatic heterocycles. The number of carbonyl (C=O) groups excluding carboxylic acids is 1. The Balaban J connectivity index is 2.21. The first-order chi connectivity index (χ1) is 9.93. The van der Waals surface area contributed by atoms with E-state index in [9.17, 15) is 4.79 Å². The van der Waals surface area contributed by atoms with Gasteiger partial charge in [0.15, 0.2) is 0 Å². The summed E-state index contributed by atoms with van der Waals surface area (Å²) >= 11 is 6.14. The highest BCUT2D eigenvalue weighted by Crippen LogP contribution is 2.26. The zero-order valence-corrected chi connectivity index (χ0v) is 12.8. The number of rotatable bonds is 4. The molecular formula is C14H16ClN3O3. The van der Waals surface area contributed by atoms with Crippen LogP contribution in [0.4, 0.5) is 5.69 Å². The molecule has 21 heavy (non-hydrogen) atoms. The average Bonchev–Trinajstić information content (AvgIpc) is 2.71. The topological polar surface area (TPSA) is 79.4 Å². The summed E-state index contributed by atoms with van der Waals surface area (Å²) < 4.78 is 11.9. The Labute approximate surface area is 127 Å². The molecular weight excluding hydrogens is 294 g/mol. The van der Waals surface area contributed by atoms with Crippen LogP contribution in [0, 0.1) is 6.92 Å². The van der Waals surface area contributed by atoms with Crippen LogP contribution in [-0.4, -0.2) is 22.9 Å². The first-order valence-corrected chi connectivity index (χ1v) is 6.60. The second-order valence-electron chi connectivity index (χ2n) is 4.51. The van der Waals surface area contributed by atoms with E-state index in [0.29, 0.717) is 22.2 Å². The first-order valence-electron chi connectivity index (χ1n) is 6.22. The number of halogens is 1. The van der Waals surface area contributed by atoms with Crippen LogP contribution in [-0.2, 0) is 18.4 Å². The molecule has 0 atom stereocenters. The van der Waals surface area contributed by atoms with Crippen molar-refractivity contribution < 1.29 is 14.3 Å². The molecule has 1 aromatic carbocycles. The molecule has 0 bridgehead atoms. The van der Waals surface area contributed by atoms with Gasteiger partial charge in [-0.05, 0) is 25.1 Å². The van der Waals surface area contributed by atoms with Crippen molar-refractivity contribution in [1.29, 1.82) is 0 Å². The molecule has 1 aromatic heterocycles. The van der Waals surface area contributed by atoms with Gasteiger partial charge in [0, 0.05) is 12.6 Å². The van der Waals surface area contributed by atoms with Crippen LogP contribution in [0.5, 0.6) is 5.75 Å². The third-order valence-corrected chi connectivity index (χ3v) is 3.55. The van der Waals surface area contributed by atoms with E-state index in [-0.39, 0.29) is 6.61 Å². The normalized spacial score (nSPS) is 10.5. The van der Waals surface area contributed by atoms with Crippen LogP contribution in [0.1, 0.15) is 21.6 Å². The molecule has 0 amide bonds. The largest absolute Gasteiger partial charge is 0.487 e. The maximum Gasteiger partial charge on any atom is 0.337 e. The van der Waals surface area contributed by atoms with Gasteiger partial charge in [0.1, 0.15) is 17.5 Å². The standard InChI is InChI=1S/C14H16ClN3O3/c1-8-10(13(15)18(2)17-8)7-21-12-6-9(14(19)20-3)4-5-11(12)16/h4-6H,7,16H2,1-3H3. The number of ether oxygens (including phenoxy) is 2. The van der Waals surface area contributed by atoms with E-state index < -0.39 is 5.97 Å². The number of aryl methyl sites for hydroxylation is 2. The maximum atomic E-state index is 11.5. The van der Waals surface area contributed by atoms with Crippen molar-refractivity contribution in [3.8, 4) is 5.75 Å². The van der Waals surface area contributed by atoms with Crippen molar-refractivity contribution in [2.45, 2.75) is 13.5 Å². The van der Waals surface area contributed by atoms with E-state index in [4.69, 9.17) is 22.1 Å². The Morgan fingerprint density at radius 2 is 2.19 bits per heavy atom. The summed E-state index contributed by atoms with van der Waals surface area (Å²) in [6, 6.07) is 4.72. The van der Waals surface area contributed by atoms with E-state index in [1.807, 2.05) is 6.92 Å². The van der Waals surface area contributed by atoms with Gasteiger partial charge in [-0.2, -0.15) is 5.10 Å². The number of hydrogen-bond acceptors (Lipinski definition) is 5. The minimum absolute atomic E-state index is 0.216. The molecule has 1 heterocycles. The number of nitrogens with zero attached hydrogens (tertiary/aromatic N) is 2. The van der Waals surface area contributed by atoms with Gasteiger partial charge in [-0.15, -0.1) is 0 Å². The summed E-state index contributed by atoms with van der Waals surface area (Å²) in [5.41, 5.74) is 8.21. The van der Waals surface area contributed by atoms with Gasteiger partial charge in [0.25, 0.3) is 0 Å². The minimum atomic E-state index is -0.449. The fourth-order valence-corrected chi connectivity index (χ4v) is 2.12. The molecule has 0 saturated heterocycles. The molecule has 0 aliphatic rings. The molecule has 0 unspecified atom stereocenters. The summed E-state index contributed by atoms with van der Waals surface area (Å²) in [7, 11) is 3.07. The van der Waals surface area contributed by atoms with Crippen molar-refractivity contribution in [3.63, 3.8) is 0 Å². The fraction of sp³-hybridized carbons (Fsp3) is 0.286. The van der Waals surface area contributed by atoms with Crippen LogP contribution in [0.15, 0.2) is 18.2 Å². The summed E-state index contributed by atoms with van der Waals surface area (Å²) in [5, 5.41) is 4.71. The third-order valence-electron chi connectivity index (χ3n) is 3.08. The van der Waals surface area contributed by atoms with Crippen molar-refractivity contribution >= 4 is 23.3 Å². The minimum Gasteiger partial charge on any atom is -0.487 e. The van der Waals surface area contributed by atoms with E-state index in [1.54, 1.807) is 29.9 Å². The summed E-state index contributed by atoms with van der Waals surface area (Å²) in [4.78, 5) is 11.5. The number of nitrogen functional groups attached to an aromatic ring is 1. The lowest BCUT2D eigenvalue weighted by molar-refractivity contribution is 0.0600. The number of methoxy groups -OCH3 is 1. The zero-order chi connectivity index (χ0) is 15.6. The van der Waals surface area contributed by atoms with Crippen LogP contribution in [0.25, 0.3) is 0 Å². The number of esters is 1. The number of benzene rings is 1. The van der Waals surface area contributed by atoms with Crippen LogP contribution < -0.4 is 10.5 Å². The number of aromatic nitrogens is 2. The number of anilines is 1. The number of carbonyl (C=O) groups is 1. The molecule has 7 heteroatoms. The van der Waals surface area contributed by atoms with Crippen LogP contribution in [0.3, 0.4) is 0 Å². The Kier molecular flexibility index (Phi) is 4.37. The van der Waals surface area contributed by atoms with Gasteiger partial charge < -0.3 is 15.2 Å². The summed E-state index contributed by atoms with van der Waals surface area (Å²) in [6.45, 7) is 2.06. The fourth-order valence-electron chi connectivity index (χ4n) is 1.89. The average molecular weight is 310 g/mol. The molecule has 0 radical (unpaired) electrons. The quantitative estimate of drug-likeness (QED) is 0.692. The highest BCUT2D eigenvalue weighted by atomic mass is 35.5. The molecule has 6 nitrogen and oxygen atoms in total. The smallest absolute Gasteiger partial charge is 0.337 e. The van der Waals surface area contributed by atoms with Gasteiger partial charge in [-0.25, -0.2) is 4.79 Å². The van der Waals surface area contributed by atoms with Gasteiger partial charge in [-0.3, -0.25) is 4.68 Å². The van der Waals surface area contributed by atoms with Crippen LogP contribution >= 0.6 is 11.6 Å². The first kappa shape index (κ1) is 15.2. The van der Waals surface area contributed by atoms with Gasteiger partial charge in [-0.1, -0.05) is 11.6 Å². The van der Waals surface area contributed by atoms with Crippen LogP contribution in [0.2, 0.25) is 5.15 Å². The molecule has 2 N–H and O–H groups in total. The molecule has 2 rings (SSSR count). The van der Waals surface area contributed by atoms with Crippen molar-refractivity contribution in [2.24, 2.45) is 7.05 Å². The van der Waals surface area contributed by atoms with E-state index in [1.165, 1.54) is 7.11 Å². The second-order valence-corrected chi connectivity index (χ2v) is 4.87. The molecule has 112 valence electrons. The molecule has 0 aliphatic carbocycles. The van der Waals surface area contributed by atoms with Gasteiger partial charge in [0.05, 0.1) is 24.1 Å². The Bertz CT molecular complexity index is 682. The second kappa shape index (κ2) is 6.05. The highest BCUT2D eigenvalue weighted by Gasteiger charge is 2.14. The SMILES string of the molecule is COC(=O)c1ccc(N)c(OCc2c(C)nn(C)c2Cl)c1. The van der Waals surface area contributed by atoms with Gasteiger partial charge >= 0.3 is 5.97 Å². The Morgan fingerprint density at radius 3 is 2.76 bits per heavy atom. The Hall–Kier alpha value is -2.21. The lowest BCUT2D eigenvalue weighted by atomic mass is 10.2. The van der Waals surface area contributed by atoms with Crippen molar-refractivity contribution in [1.82, 2.24) is 9.78 Å². The monoisotopic (exact) mass is 309 g/mol. The summed E-state index contributed by atoms with van der Waals surface area (Å²) in [6.07, 6.45) is 0. The lowest BCUT2D eigenvalue weighted by Gasteiger charge is -2.10. The molecule has 0 fully saturated rings. The van der Waals surface area contributed by atoms with E-state index in [0.717, 1.165) is 11.3 Å². The van der Waals surface area contributed by atoms with Crippen molar-refractivity contribution in [2.75, 3.05) is 12.8 Å². The van der Waals surface area contributed by atoms with E-state index >= 15 is 0 Å². The maximum absolute atomic E-state index is 11.5. The van der Waals surface area contributed by atoms with Crippen molar-refractivity contribution in [3.05, 3.63) is 40.2 Å². The zero-order valence-electron chi connectivity index (χ0n) is 12.0.